The van der Waals surface area contributed by atoms with E-state index in [2.05, 4.69) is 46.3 Å². The highest BCUT2D eigenvalue weighted by Crippen LogP contribution is 1.97. The normalized spacial score (nSPS) is 10.7. The van der Waals surface area contributed by atoms with Crippen LogP contribution in [-0.2, 0) is 6.42 Å². The minimum Gasteiger partial charge on any atom is -0.320 e. The molecule has 0 atom stereocenters. The van der Waals surface area contributed by atoms with Gasteiger partial charge >= 0.3 is 0 Å². The Morgan fingerprint density at radius 1 is 0.778 bits per heavy atom. The van der Waals surface area contributed by atoms with Crippen LogP contribution < -0.4 is 16.0 Å². The molecule has 1 aromatic rings. The van der Waals surface area contributed by atoms with Crippen molar-refractivity contribution in [3.8, 4) is 0 Å². The molecule has 102 valence electrons. The van der Waals surface area contributed by atoms with E-state index in [-0.39, 0.29) is 0 Å². The predicted molar refractivity (Wildman–Crippen MR) is 79.0 cm³/mol. The van der Waals surface area contributed by atoms with Crippen molar-refractivity contribution < 1.29 is 0 Å². The maximum atomic E-state index is 3.48. The van der Waals surface area contributed by atoms with Crippen molar-refractivity contribution in [1.82, 2.24) is 16.0 Å². The summed E-state index contributed by atoms with van der Waals surface area (Å²) in [6.07, 6.45) is 3.53. The van der Waals surface area contributed by atoms with Crippen LogP contribution in [0, 0.1) is 0 Å². The number of benzene rings is 1. The van der Waals surface area contributed by atoms with Crippen LogP contribution in [-0.4, -0.2) is 39.8 Å². The summed E-state index contributed by atoms with van der Waals surface area (Å²) >= 11 is 0. The Bertz CT molecular complexity index is 274. The van der Waals surface area contributed by atoms with Gasteiger partial charge in [0.2, 0.25) is 0 Å². The van der Waals surface area contributed by atoms with Gasteiger partial charge in [-0.05, 0) is 64.6 Å². The first-order chi connectivity index (χ1) is 8.93. The lowest BCUT2D eigenvalue weighted by atomic mass is 10.1. The zero-order chi connectivity index (χ0) is 12.9. The van der Waals surface area contributed by atoms with Gasteiger partial charge in [0.05, 0.1) is 0 Å². The monoisotopic (exact) mass is 249 g/mol. The second-order valence-corrected chi connectivity index (χ2v) is 4.55. The molecule has 0 aliphatic carbocycles. The van der Waals surface area contributed by atoms with Gasteiger partial charge in [-0.15, -0.1) is 0 Å². The Morgan fingerprint density at radius 3 is 2.06 bits per heavy atom. The molecular weight excluding hydrogens is 222 g/mol. The van der Waals surface area contributed by atoms with E-state index in [0.717, 1.165) is 39.1 Å². The summed E-state index contributed by atoms with van der Waals surface area (Å²) in [4.78, 5) is 0. The van der Waals surface area contributed by atoms with Crippen LogP contribution in [0.2, 0.25) is 0 Å². The predicted octanol–water partition coefficient (Wildman–Crippen LogP) is 1.41. The molecule has 3 nitrogen and oxygen atoms in total. The molecule has 0 unspecified atom stereocenters. The Balaban J connectivity index is 1.82. The molecule has 0 fully saturated rings. The average molecular weight is 249 g/mol. The lowest BCUT2D eigenvalue weighted by Crippen LogP contribution is -2.25. The molecule has 0 amide bonds. The van der Waals surface area contributed by atoms with E-state index in [9.17, 15) is 0 Å². The van der Waals surface area contributed by atoms with Crippen LogP contribution in [0.4, 0.5) is 0 Å². The van der Waals surface area contributed by atoms with Gasteiger partial charge in [0.25, 0.3) is 0 Å². The van der Waals surface area contributed by atoms with E-state index in [4.69, 9.17) is 0 Å². The molecule has 18 heavy (non-hydrogen) atoms. The third-order valence-electron chi connectivity index (χ3n) is 2.92. The van der Waals surface area contributed by atoms with Crippen molar-refractivity contribution in [1.29, 1.82) is 0 Å². The van der Waals surface area contributed by atoms with E-state index in [1.165, 1.54) is 18.4 Å². The van der Waals surface area contributed by atoms with Gasteiger partial charge in [0.1, 0.15) is 0 Å². The van der Waals surface area contributed by atoms with Gasteiger partial charge in [0, 0.05) is 0 Å². The first kappa shape index (κ1) is 15.2. The molecule has 0 radical (unpaired) electrons. The van der Waals surface area contributed by atoms with Crippen molar-refractivity contribution >= 4 is 0 Å². The first-order valence-corrected chi connectivity index (χ1v) is 7.03. The van der Waals surface area contributed by atoms with E-state index in [0.29, 0.717) is 0 Å². The molecule has 1 rings (SSSR count). The molecule has 3 heteroatoms. The van der Waals surface area contributed by atoms with Gasteiger partial charge in [-0.1, -0.05) is 30.3 Å². The fraction of sp³-hybridized carbons (Fsp3) is 0.600. The third-order valence-corrected chi connectivity index (χ3v) is 2.92. The summed E-state index contributed by atoms with van der Waals surface area (Å²) in [7, 11) is 2.00. The number of hydrogen-bond donors (Lipinski definition) is 3. The van der Waals surface area contributed by atoms with Crippen molar-refractivity contribution in [2.45, 2.75) is 19.3 Å². The second-order valence-electron chi connectivity index (χ2n) is 4.55. The molecule has 0 bridgehead atoms. The molecule has 0 heterocycles. The molecule has 0 aliphatic heterocycles. The Hall–Kier alpha value is -0.900. The van der Waals surface area contributed by atoms with Crippen LogP contribution in [0.15, 0.2) is 30.3 Å². The Morgan fingerprint density at radius 2 is 1.39 bits per heavy atom. The molecular formula is C15H27N3. The van der Waals surface area contributed by atoms with Crippen LogP contribution >= 0.6 is 0 Å². The molecule has 3 N–H and O–H groups in total. The van der Waals surface area contributed by atoms with Crippen LogP contribution in [0.25, 0.3) is 0 Å². The van der Waals surface area contributed by atoms with E-state index in [1.54, 1.807) is 0 Å². The molecule has 0 aliphatic rings. The summed E-state index contributed by atoms with van der Waals surface area (Å²) in [5.41, 5.74) is 1.41. The lowest BCUT2D eigenvalue weighted by Gasteiger charge is -2.06. The fourth-order valence-corrected chi connectivity index (χ4v) is 1.86. The second kappa shape index (κ2) is 11.2. The molecule has 0 saturated carbocycles. The van der Waals surface area contributed by atoms with Gasteiger partial charge in [0.15, 0.2) is 0 Å². The number of nitrogens with one attached hydrogen (secondary N) is 3. The summed E-state index contributed by atoms with van der Waals surface area (Å²) < 4.78 is 0. The zero-order valence-electron chi connectivity index (χ0n) is 11.5. The topological polar surface area (TPSA) is 36.1 Å². The van der Waals surface area contributed by atoms with E-state index in [1.807, 2.05) is 7.05 Å². The molecule has 0 aromatic heterocycles. The maximum Gasteiger partial charge on any atom is -0.000834 e. The first-order valence-electron chi connectivity index (χ1n) is 7.03. The van der Waals surface area contributed by atoms with E-state index >= 15 is 0 Å². The Labute approximate surface area is 111 Å². The summed E-state index contributed by atoms with van der Waals surface area (Å²) in [5.74, 6) is 0. The summed E-state index contributed by atoms with van der Waals surface area (Å²) in [5, 5.41) is 10.1. The SMILES string of the molecule is CNCCCNCCCNCCc1ccccc1. The van der Waals surface area contributed by atoms with Gasteiger partial charge in [-0.25, -0.2) is 0 Å². The average Bonchev–Trinajstić information content (AvgIpc) is 2.42. The van der Waals surface area contributed by atoms with Crippen LogP contribution in [0.3, 0.4) is 0 Å². The zero-order valence-corrected chi connectivity index (χ0v) is 11.5. The van der Waals surface area contributed by atoms with Crippen molar-refractivity contribution in [3.05, 3.63) is 35.9 Å². The van der Waals surface area contributed by atoms with Crippen LogP contribution in [0.5, 0.6) is 0 Å². The standard InChI is InChI=1S/C15H27N3/c1-16-10-5-11-17-12-6-13-18-14-9-15-7-3-2-4-8-15/h2-4,7-8,16-18H,5-6,9-14H2,1H3. The van der Waals surface area contributed by atoms with Crippen LogP contribution in [0.1, 0.15) is 18.4 Å². The molecule has 0 spiro atoms. The van der Waals surface area contributed by atoms with Gasteiger partial charge < -0.3 is 16.0 Å². The summed E-state index contributed by atoms with van der Waals surface area (Å²) in [6.45, 7) is 5.50. The van der Waals surface area contributed by atoms with Crippen molar-refractivity contribution in [3.63, 3.8) is 0 Å². The quantitative estimate of drug-likeness (QED) is 0.519. The Kier molecular flexibility index (Phi) is 9.44. The molecule has 1 aromatic carbocycles. The van der Waals surface area contributed by atoms with Crippen molar-refractivity contribution in [2.75, 3.05) is 39.8 Å². The number of rotatable bonds is 11. The van der Waals surface area contributed by atoms with Gasteiger partial charge in [-0.2, -0.15) is 0 Å². The fourth-order valence-electron chi connectivity index (χ4n) is 1.86. The number of hydrogen-bond acceptors (Lipinski definition) is 3. The highest BCUT2D eigenvalue weighted by molar-refractivity contribution is 5.14. The molecule has 0 saturated heterocycles. The highest BCUT2D eigenvalue weighted by Gasteiger charge is 1.92. The third kappa shape index (κ3) is 8.23. The minimum absolute atomic E-state index is 1.07. The highest BCUT2D eigenvalue weighted by atomic mass is 14.9. The summed E-state index contributed by atoms with van der Waals surface area (Å²) in [6, 6.07) is 10.6. The largest absolute Gasteiger partial charge is 0.320 e. The smallest absolute Gasteiger partial charge is 0.000834 e. The van der Waals surface area contributed by atoms with E-state index < -0.39 is 0 Å². The van der Waals surface area contributed by atoms with Gasteiger partial charge in [-0.3, -0.25) is 0 Å². The lowest BCUT2D eigenvalue weighted by molar-refractivity contribution is 0.577. The minimum atomic E-state index is 1.07. The van der Waals surface area contributed by atoms with Crippen molar-refractivity contribution in [2.24, 2.45) is 0 Å². The maximum absolute atomic E-state index is 3.48.